The molecule has 0 aliphatic heterocycles. The lowest BCUT2D eigenvalue weighted by atomic mass is 10.1. The summed E-state index contributed by atoms with van der Waals surface area (Å²) in [6.45, 7) is 2.66. The van der Waals surface area contributed by atoms with E-state index in [1.54, 1.807) is 13.2 Å². The Bertz CT molecular complexity index is 588. The molecule has 0 aliphatic carbocycles. The van der Waals surface area contributed by atoms with Gasteiger partial charge in [-0.1, -0.05) is 24.3 Å². The molecule has 0 amide bonds. The van der Waals surface area contributed by atoms with Crippen molar-refractivity contribution in [1.29, 1.82) is 0 Å². The zero-order chi connectivity index (χ0) is 14.5. The number of halogens is 2. The first-order valence-electron chi connectivity index (χ1n) is 6.42. The molecule has 0 spiro atoms. The second kappa shape index (κ2) is 6.86. The predicted octanol–water partition coefficient (Wildman–Crippen LogP) is 4.45. The molecule has 106 valence electrons. The zero-order valence-corrected chi connectivity index (χ0v) is 13.1. The first-order chi connectivity index (χ1) is 9.61. The molecule has 0 unspecified atom stereocenters. The van der Waals surface area contributed by atoms with E-state index in [1.807, 2.05) is 30.3 Å². The van der Waals surface area contributed by atoms with Crippen LogP contribution >= 0.6 is 15.9 Å². The van der Waals surface area contributed by atoms with Crippen LogP contribution in [0.1, 0.15) is 24.1 Å². The molecule has 2 aromatic carbocycles. The lowest BCUT2D eigenvalue weighted by molar-refractivity contribution is 0.401. The van der Waals surface area contributed by atoms with E-state index in [0.717, 1.165) is 16.9 Å². The van der Waals surface area contributed by atoms with Crippen molar-refractivity contribution < 1.29 is 9.13 Å². The Morgan fingerprint density at radius 3 is 2.70 bits per heavy atom. The molecule has 0 bridgehead atoms. The largest absolute Gasteiger partial charge is 0.496 e. The Morgan fingerprint density at radius 1 is 1.25 bits per heavy atom. The van der Waals surface area contributed by atoms with Gasteiger partial charge in [-0.2, -0.15) is 0 Å². The molecule has 1 N–H and O–H groups in total. The zero-order valence-electron chi connectivity index (χ0n) is 11.5. The maximum absolute atomic E-state index is 13.5. The standard InChI is InChI=1S/C16H17BrFNO/c1-11(13-5-3-4-6-16(13)20-2)19-10-12-7-8-14(17)15(18)9-12/h3-9,11,19H,10H2,1-2H3/t11-/m1/s1. The van der Waals surface area contributed by atoms with Gasteiger partial charge < -0.3 is 10.1 Å². The molecule has 20 heavy (non-hydrogen) atoms. The smallest absolute Gasteiger partial charge is 0.137 e. The molecular weight excluding hydrogens is 321 g/mol. The molecule has 2 rings (SSSR count). The number of hydrogen-bond acceptors (Lipinski definition) is 2. The molecule has 0 saturated heterocycles. The molecule has 2 nitrogen and oxygen atoms in total. The van der Waals surface area contributed by atoms with Crippen molar-refractivity contribution in [3.8, 4) is 5.75 Å². The number of ether oxygens (including phenoxy) is 1. The number of nitrogens with one attached hydrogen (secondary N) is 1. The van der Waals surface area contributed by atoms with E-state index >= 15 is 0 Å². The van der Waals surface area contributed by atoms with Crippen LogP contribution < -0.4 is 10.1 Å². The maximum Gasteiger partial charge on any atom is 0.137 e. The lowest BCUT2D eigenvalue weighted by Crippen LogP contribution is -2.18. The van der Waals surface area contributed by atoms with Gasteiger partial charge in [0.05, 0.1) is 11.6 Å². The van der Waals surface area contributed by atoms with E-state index in [2.05, 4.69) is 28.2 Å². The number of methoxy groups -OCH3 is 1. The van der Waals surface area contributed by atoms with Gasteiger partial charge in [0.1, 0.15) is 11.6 Å². The summed E-state index contributed by atoms with van der Waals surface area (Å²) in [6.07, 6.45) is 0. The van der Waals surface area contributed by atoms with Crippen LogP contribution in [-0.2, 0) is 6.54 Å². The van der Waals surface area contributed by atoms with Crippen molar-refractivity contribution in [3.05, 3.63) is 63.9 Å². The fourth-order valence-electron chi connectivity index (χ4n) is 2.05. The number of para-hydroxylation sites is 1. The number of hydrogen-bond donors (Lipinski definition) is 1. The van der Waals surface area contributed by atoms with Crippen molar-refractivity contribution in [2.45, 2.75) is 19.5 Å². The van der Waals surface area contributed by atoms with Crippen LogP contribution in [-0.4, -0.2) is 7.11 Å². The van der Waals surface area contributed by atoms with E-state index in [-0.39, 0.29) is 11.9 Å². The highest BCUT2D eigenvalue weighted by Crippen LogP contribution is 2.24. The van der Waals surface area contributed by atoms with Gasteiger partial charge in [-0.05, 0) is 46.6 Å². The van der Waals surface area contributed by atoms with E-state index < -0.39 is 0 Å². The molecule has 0 radical (unpaired) electrons. The molecule has 0 heterocycles. The summed E-state index contributed by atoms with van der Waals surface area (Å²) in [5.74, 6) is 0.615. The second-order valence-electron chi connectivity index (χ2n) is 4.59. The summed E-state index contributed by atoms with van der Waals surface area (Å²) in [5.41, 5.74) is 2.00. The first-order valence-corrected chi connectivity index (χ1v) is 7.21. The summed E-state index contributed by atoms with van der Waals surface area (Å²) < 4.78 is 19.3. The monoisotopic (exact) mass is 337 g/mol. The highest BCUT2D eigenvalue weighted by atomic mass is 79.9. The molecule has 1 atom stereocenters. The Labute approximate surface area is 127 Å². The van der Waals surface area contributed by atoms with E-state index in [1.165, 1.54) is 6.07 Å². The molecule has 0 saturated carbocycles. The summed E-state index contributed by atoms with van der Waals surface area (Å²) in [7, 11) is 1.66. The maximum atomic E-state index is 13.5. The molecular formula is C16H17BrFNO. The summed E-state index contributed by atoms with van der Waals surface area (Å²) in [6, 6.07) is 13.2. The predicted molar refractivity (Wildman–Crippen MR) is 82.3 cm³/mol. The quantitative estimate of drug-likeness (QED) is 0.870. The van der Waals surface area contributed by atoms with E-state index in [0.29, 0.717) is 11.0 Å². The minimum Gasteiger partial charge on any atom is -0.496 e. The molecule has 0 aliphatic rings. The van der Waals surface area contributed by atoms with Crippen LogP contribution in [0.2, 0.25) is 0 Å². The van der Waals surface area contributed by atoms with Gasteiger partial charge in [0.25, 0.3) is 0 Å². The fraction of sp³-hybridized carbons (Fsp3) is 0.250. The third-order valence-electron chi connectivity index (χ3n) is 3.20. The normalized spacial score (nSPS) is 12.2. The SMILES string of the molecule is COc1ccccc1[C@@H](C)NCc1ccc(Br)c(F)c1. The molecule has 0 fully saturated rings. The second-order valence-corrected chi connectivity index (χ2v) is 5.45. The van der Waals surface area contributed by atoms with Gasteiger partial charge in [0.15, 0.2) is 0 Å². The Morgan fingerprint density at radius 2 is 2.00 bits per heavy atom. The van der Waals surface area contributed by atoms with Gasteiger partial charge in [0, 0.05) is 18.2 Å². The summed E-state index contributed by atoms with van der Waals surface area (Å²) in [5, 5.41) is 3.37. The highest BCUT2D eigenvalue weighted by molar-refractivity contribution is 9.10. The van der Waals surface area contributed by atoms with Gasteiger partial charge in [0.2, 0.25) is 0 Å². The number of rotatable bonds is 5. The molecule has 2 aromatic rings. The van der Waals surface area contributed by atoms with Crippen LogP contribution in [0.4, 0.5) is 4.39 Å². The topological polar surface area (TPSA) is 21.3 Å². The van der Waals surface area contributed by atoms with Gasteiger partial charge in [-0.15, -0.1) is 0 Å². The Kier molecular flexibility index (Phi) is 5.15. The van der Waals surface area contributed by atoms with Gasteiger partial charge in [-0.3, -0.25) is 0 Å². The average molecular weight is 338 g/mol. The van der Waals surface area contributed by atoms with Gasteiger partial charge in [-0.25, -0.2) is 4.39 Å². The molecule has 4 heteroatoms. The van der Waals surface area contributed by atoms with Crippen molar-refractivity contribution in [2.24, 2.45) is 0 Å². The minimum absolute atomic E-state index is 0.123. The van der Waals surface area contributed by atoms with Crippen molar-refractivity contribution >= 4 is 15.9 Å². The van der Waals surface area contributed by atoms with Crippen molar-refractivity contribution in [2.75, 3.05) is 7.11 Å². The van der Waals surface area contributed by atoms with E-state index in [9.17, 15) is 4.39 Å². The Balaban J connectivity index is 2.04. The van der Waals surface area contributed by atoms with Crippen LogP contribution in [0, 0.1) is 5.82 Å². The minimum atomic E-state index is -0.241. The van der Waals surface area contributed by atoms with Crippen molar-refractivity contribution in [3.63, 3.8) is 0 Å². The third kappa shape index (κ3) is 3.58. The summed E-state index contributed by atoms with van der Waals surface area (Å²) in [4.78, 5) is 0. The van der Waals surface area contributed by atoms with Crippen LogP contribution in [0.3, 0.4) is 0 Å². The summed E-state index contributed by atoms with van der Waals surface area (Å²) >= 11 is 3.15. The highest BCUT2D eigenvalue weighted by Gasteiger charge is 2.10. The van der Waals surface area contributed by atoms with Crippen LogP contribution in [0.5, 0.6) is 5.75 Å². The molecule has 0 aromatic heterocycles. The van der Waals surface area contributed by atoms with Crippen molar-refractivity contribution in [1.82, 2.24) is 5.32 Å². The van der Waals surface area contributed by atoms with Crippen LogP contribution in [0.15, 0.2) is 46.9 Å². The lowest BCUT2D eigenvalue weighted by Gasteiger charge is -2.17. The fourth-order valence-corrected chi connectivity index (χ4v) is 2.30. The first kappa shape index (κ1) is 15.0. The van der Waals surface area contributed by atoms with Crippen LogP contribution in [0.25, 0.3) is 0 Å². The van der Waals surface area contributed by atoms with E-state index in [4.69, 9.17) is 4.74 Å². The van der Waals surface area contributed by atoms with Gasteiger partial charge >= 0.3 is 0 Å². The number of benzene rings is 2. The third-order valence-corrected chi connectivity index (χ3v) is 3.84. The average Bonchev–Trinajstić information content (AvgIpc) is 2.48. The Hall–Kier alpha value is -1.39.